The Hall–Kier alpha value is -1.31. The summed E-state index contributed by atoms with van der Waals surface area (Å²) in [7, 11) is 0. The minimum absolute atomic E-state index is 0.0115. The molecule has 6 nitrogen and oxygen atoms in total. The highest BCUT2D eigenvalue weighted by Gasteiger charge is 2.65. The third-order valence-electron chi connectivity index (χ3n) is 9.81. The third-order valence-corrected chi connectivity index (χ3v) is 9.81. The summed E-state index contributed by atoms with van der Waals surface area (Å²) in [6.07, 6.45) is 11.5. The van der Waals surface area contributed by atoms with Crippen LogP contribution in [-0.4, -0.2) is 57.4 Å². The highest BCUT2D eigenvalue weighted by atomic mass is 16.7. The maximum Gasteiger partial charge on any atom is 0.167 e. The van der Waals surface area contributed by atoms with Gasteiger partial charge in [0, 0.05) is 12.5 Å². The monoisotopic (exact) mass is 502 g/mol. The summed E-state index contributed by atoms with van der Waals surface area (Å²) in [5.74, 6) is -0.0993. The lowest BCUT2D eigenvalue weighted by atomic mass is 9.53. The molecular weight excluding hydrogens is 456 g/mol. The van der Waals surface area contributed by atoms with E-state index in [1.165, 1.54) is 0 Å². The van der Waals surface area contributed by atoms with E-state index in [1.807, 2.05) is 53.7 Å². The summed E-state index contributed by atoms with van der Waals surface area (Å²) in [6.45, 7) is 11.9. The number of rotatable bonds is 5. The van der Waals surface area contributed by atoms with Crippen molar-refractivity contribution < 1.29 is 29.6 Å². The molecule has 2 heterocycles. The molecule has 3 N–H and O–H groups in total. The fourth-order valence-electron chi connectivity index (χ4n) is 7.72. The molecule has 4 aliphatic rings. The summed E-state index contributed by atoms with van der Waals surface area (Å²) < 4.78 is 12.7. The van der Waals surface area contributed by atoms with Crippen molar-refractivity contribution in [2.45, 2.75) is 116 Å². The van der Waals surface area contributed by atoms with E-state index in [-0.39, 0.29) is 23.9 Å². The molecule has 0 unspecified atom stereocenters. The second-order valence-electron chi connectivity index (χ2n) is 12.9. The number of aldehydes is 1. The van der Waals surface area contributed by atoms with E-state index < -0.39 is 28.5 Å². The van der Waals surface area contributed by atoms with Crippen LogP contribution in [0.2, 0.25) is 0 Å². The lowest BCUT2D eigenvalue weighted by Gasteiger charge is -2.53. The van der Waals surface area contributed by atoms with Crippen molar-refractivity contribution in [2.24, 2.45) is 23.2 Å². The molecule has 0 aromatic rings. The number of hydrogen-bond donors (Lipinski definition) is 3. The van der Waals surface area contributed by atoms with Crippen molar-refractivity contribution >= 4 is 6.29 Å². The first-order valence-corrected chi connectivity index (χ1v) is 13.7. The van der Waals surface area contributed by atoms with E-state index in [2.05, 4.69) is 6.08 Å². The Morgan fingerprint density at radius 2 is 1.86 bits per heavy atom. The van der Waals surface area contributed by atoms with Gasteiger partial charge in [0.2, 0.25) is 0 Å². The Kier molecular flexibility index (Phi) is 7.53. The van der Waals surface area contributed by atoms with Gasteiger partial charge in [0.05, 0.1) is 28.3 Å². The SMILES string of the molecule is C/C(C=O)=C1\CC[C@](C)(O)[C@]23C[C@H](/C=C(C)/C=C/[C@@H]4[C@@H](C(C)(C)O)CC[C@@]4(C)O)O[C@H]2OCCC[C@H]13. The van der Waals surface area contributed by atoms with Crippen LogP contribution in [-0.2, 0) is 14.3 Å². The number of hydrogen-bond acceptors (Lipinski definition) is 6. The summed E-state index contributed by atoms with van der Waals surface area (Å²) in [4.78, 5) is 11.7. The van der Waals surface area contributed by atoms with Gasteiger partial charge in [-0.05, 0) is 104 Å². The van der Waals surface area contributed by atoms with Crippen LogP contribution in [0, 0.1) is 23.2 Å². The van der Waals surface area contributed by atoms with Crippen LogP contribution in [0.15, 0.2) is 34.9 Å². The molecule has 2 saturated heterocycles. The quantitative estimate of drug-likeness (QED) is 0.288. The van der Waals surface area contributed by atoms with Gasteiger partial charge in [-0.2, -0.15) is 0 Å². The highest BCUT2D eigenvalue weighted by molar-refractivity contribution is 5.74. The normalized spacial score (nSPS) is 45.4. The van der Waals surface area contributed by atoms with E-state index in [9.17, 15) is 20.1 Å². The van der Waals surface area contributed by atoms with Gasteiger partial charge in [0.25, 0.3) is 0 Å². The van der Waals surface area contributed by atoms with Crippen molar-refractivity contribution in [3.05, 3.63) is 34.9 Å². The smallest absolute Gasteiger partial charge is 0.167 e. The van der Waals surface area contributed by atoms with Gasteiger partial charge in [-0.1, -0.05) is 29.4 Å². The van der Waals surface area contributed by atoms with Gasteiger partial charge < -0.3 is 24.8 Å². The zero-order chi connectivity index (χ0) is 26.5. The van der Waals surface area contributed by atoms with Crippen LogP contribution in [0.1, 0.15) is 86.5 Å². The number of aliphatic hydroxyl groups is 3. The maximum atomic E-state index is 11.7. The molecule has 1 spiro atoms. The average Bonchev–Trinajstić information content (AvgIpc) is 3.23. The molecule has 202 valence electrons. The largest absolute Gasteiger partial charge is 0.390 e. The minimum Gasteiger partial charge on any atom is -0.390 e. The fourth-order valence-corrected chi connectivity index (χ4v) is 7.72. The molecule has 4 rings (SSSR count). The molecule has 0 radical (unpaired) electrons. The predicted molar refractivity (Wildman–Crippen MR) is 139 cm³/mol. The van der Waals surface area contributed by atoms with Gasteiger partial charge in [0.15, 0.2) is 6.29 Å². The fraction of sp³-hybridized carbons (Fsp3) is 0.767. The van der Waals surface area contributed by atoms with E-state index in [4.69, 9.17) is 9.47 Å². The van der Waals surface area contributed by atoms with Crippen molar-refractivity contribution in [2.75, 3.05) is 6.61 Å². The molecule has 6 heteroatoms. The summed E-state index contributed by atoms with van der Waals surface area (Å²) in [5.41, 5.74) is -0.340. The van der Waals surface area contributed by atoms with E-state index in [0.29, 0.717) is 25.9 Å². The summed E-state index contributed by atoms with van der Waals surface area (Å²) in [6, 6.07) is 0. The van der Waals surface area contributed by atoms with E-state index in [0.717, 1.165) is 48.7 Å². The zero-order valence-corrected chi connectivity index (χ0v) is 22.9. The lowest BCUT2D eigenvalue weighted by molar-refractivity contribution is -0.230. The van der Waals surface area contributed by atoms with Crippen molar-refractivity contribution in [1.82, 2.24) is 0 Å². The standard InChI is InChI=1S/C30H46O6/c1-19(9-10-25-24(27(3,4)32)12-13-28(25,5)33)16-21-17-30-23(8-7-15-35-26(30)36-21)22(20(2)18-31)11-14-29(30,6)34/h9-10,16,18,21,23-26,32-34H,7-8,11-15,17H2,1-6H3/b10-9+,19-16+,22-20-/t21-,23+,24-,25+,26+,28+,29-,30-/m0/s1. The zero-order valence-electron chi connectivity index (χ0n) is 22.9. The van der Waals surface area contributed by atoms with Crippen LogP contribution in [0.5, 0.6) is 0 Å². The third kappa shape index (κ3) is 4.80. The van der Waals surface area contributed by atoms with Gasteiger partial charge in [-0.3, -0.25) is 4.79 Å². The van der Waals surface area contributed by atoms with Crippen LogP contribution in [0.25, 0.3) is 0 Å². The van der Waals surface area contributed by atoms with Crippen LogP contribution in [0.4, 0.5) is 0 Å². The second-order valence-corrected chi connectivity index (χ2v) is 12.9. The maximum absolute atomic E-state index is 11.7. The molecule has 0 aromatic heterocycles. The Morgan fingerprint density at radius 1 is 1.14 bits per heavy atom. The van der Waals surface area contributed by atoms with Gasteiger partial charge in [-0.25, -0.2) is 0 Å². The Balaban J connectivity index is 1.61. The van der Waals surface area contributed by atoms with Crippen molar-refractivity contribution in [3.63, 3.8) is 0 Å². The molecular formula is C30H46O6. The molecule has 0 amide bonds. The second kappa shape index (κ2) is 9.77. The molecule has 36 heavy (non-hydrogen) atoms. The first kappa shape index (κ1) is 27.7. The predicted octanol–water partition coefficient (Wildman–Crippen LogP) is 4.63. The van der Waals surface area contributed by atoms with Crippen LogP contribution < -0.4 is 0 Å². The molecule has 2 aliphatic carbocycles. The number of carbonyl (C=O) groups excluding carboxylic acids is 1. The number of carbonyl (C=O) groups is 1. The van der Waals surface area contributed by atoms with Crippen LogP contribution in [0.3, 0.4) is 0 Å². The highest BCUT2D eigenvalue weighted by Crippen LogP contribution is 2.62. The van der Waals surface area contributed by atoms with E-state index in [1.54, 1.807) is 0 Å². The number of ether oxygens (including phenoxy) is 2. The van der Waals surface area contributed by atoms with Gasteiger partial charge >= 0.3 is 0 Å². The van der Waals surface area contributed by atoms with Crippen LogP contribution >= 0.6 is 0 Å². The average molecular weight is 503 g/mol. The first-order chi connectivity index (χ1) is 16.7. The molecule has 0 bridgehead atoms. The Bertz CT molecular complexity index is 936. The summed E-state index contributed by atoms with van der Waals surface area (Å²) in [5, 5.41) is 33.3. The topological polar surface area (TPSA) is 96.2 Å². The Labute approximate surface area is 216 Å². The number of allylic oxidation sites excluding steroid dienone is 4. The van der Waals surface area contributed by atoms with Crippen molar-refractivity contribution in [1.29, 1.82) is 0 Å². The van der Waals surface area contributed by atoms with E-state index >= 15 is 0 Å². The minimum atomic E-state index is -0.964. The van der Waals surface area contributed by atoms with Crippen molar-refractivity contribution in [3.8, 4) is 0 Å². The molecule has 8 atom stereocenters. The Morgan fingerprint density at radius 3 is 2.53 bits per heavy atom. The molecule has 2 saturated carbocycles. The van der Waals surface area contributed by atoms with Gasteiger partial charge in [-0.15, -0.1) is 0 Å². The summed E-state index contributed by atoms with van der Waals surface area (Å²) >= 11 is 0. The molecule has 2 aliphatic heterocycles. The molecule has 4 fully saturated rings. The van der Waals surface area contributed by atoms with Gasteiger partial charge in [0.1, 0.15) is 6.29 Å². The first-order valence-electron chi connectivity index (χ1n) is 13.7. The lowest BCUT2D eigenvalue weighted by Crippen LogP contribution is -2.58. The molecule has 0 aromatic carbocycles.